The molecule has 0 aliphatic rings. The predicted molar refractivity (Wildman–Crippen MR) is 144 cm³/mol. The van der Waals surface area contributed by atoms with Gasteiger partial charge < -0.3 is 20.1 Å². The number of carbonyl (C=O) groups is 2. The van der Waals surface area contributed by atoms with Gasteiger partial charge in [-0.25, -0.2) is 0 Å². The van der Waals surface area contributed by atoms with E-state index in [1.165, 1.54) is 0 Å². The Labute approximate surface area is 218 Å². The third kappa shape index (κ3) is 8.17. The zero-order valence-corrected chi connectivity index (χ0v) is 21.6. The molecule has 9 heteroatoms. The number of carbonyl (C=O) groups excluding carboxylic acids is 2. The number of hydrogen-bond acceptors (Lipinski definition) is 5. The van der Waals surface area contributed by atoms with Crippen molar-refractivity contribution < 1.29 is 19.1 Å². The van der Waals surface area contributed by atoms with Crippen LogP contribution in [0.15, 0.2) is 77.3 Å². The molecule has 0 atom stereocenters. The predicted octanol–water partition coefficient (Wildman–Crippen LogP) is 4.57. The lowest BCUT2D eigenvalue weighted by Crippen LogP contribution is -2.35. The standard InChI is InChI=1S/C26H26BrN3O4S/c1-33-15-16-34-23-12-11-19(27)17-21(23)25(32)30-26(35)29-22-10-6-5-9-20(22)24(31)28-14-13-18-7-3-2-4-8-18/h2-12,17H,13-16H2,1H3,(H,28,31)(H2,29,30,32,35). The van der Waals surface area contributed by atoms with Gasteiger partial charge in [-0.2, -0.15) is 0 Å². The van der Waals surface area contributed by atoms with Crippen LogP contribution in [0.25, 0.3) is 0 Å². The molecule has 182 valence electrons. The Morgan fingerprint density at radius 1 is 0.914 bits per heavy atom. The van der Waals surface area contributed by atoms with Crippen molar-refractivity contribution >= 4 is 50.8 Å². The normalized spacial score (nSPS) is 10.3. The smallest absolute Gasteiger partial charge is 0.261 e. The molecule has 35 heavy (non-hydrogen) atoms. The van der Waals surface area contributed by atoms with Gasteiger partial charge in [0, 0.05) is 18.1 Å². The molecule has 3 rings (SSSR count). The molecule has 0 aromatic heterocycles. The molecule has 0 aliphatic heterocycles. The number of anilines is 1. The summed E-state index contributed by atoms with van der Waals surface area (Å²) in [6.07, 6.45) is 0.720. The largest absolute Gasteiger partial charge is 0.490 e. The SMILES string of the molecule is COCCOc1ccc(Br)cc1C(=O)NC(=S)Nc1ccccc1C(=O)NCCc1ccccc1. The summed E-state index contributed by atoms with van der Waals surface area (Å²) in [5, 5.41) is 8.59. The lowest BCUT2D eigenvalue weighted by Gasteiger charge is -2.15. The summed E-state index contributed by atoms with van der Waals surface area (Å²) in [5.74, 6) is -0.274. The summed E-state index contributed by atoms with van der Waals surface area (Å²) in [5.41, 5.74) is 2.36. The van der Waals surface area contributed by atoms with E-state index < -0.39 is 5.91 Å². The van der Waals surface area contributed by atoms with Crippen LogP contribution in [0.2, 0.25) is 0 Å². The van der Waals surface area contributed by atoms with Gasteiger partial charge in [-0.1, -0.05) is 58.4 Å². The van der Waals surface area contributed by atoms with Crippen molar-refractivity contribution in [3.8, 4) is 5.75 Å². The molecule has 0 saturated heterocycles. The van der Waals surface area contributed by atoms with Gasteiger partial charge in [0.2, 0.25) is 0 Å². The Morgan fingerprint density at radius 3 is 2.43 bits per heavy atom. The minimum Gasteiger partial charge on any atom is -0.490 e. The van der Waals surface area contributed by atoms with Gasteiger partial charge in [-0.05, 0) is 54.5 Å². The molecule has 3 N–H and O–H groups in total. The Kier molecular flexibility index (Phi) is 10.2. The van der Waals surface area contributed by atoms with E-state index in [9.17, 15) is 9.59 Å². The van der Waals surface area contributed by atoms with Gasteiger partial charge in [0.05, 0.1) is 23.4 Å². The summed E-state index contributed by atoms with van der Waals surface area (Å²) in [7, 11) is 1.57. The summed E-state index contributed by atoms with van der Waals surface area (Å²) in [6, 6.07) is 22.0. The molecule has 3 aromatic rings. The summed E-state index contributed by atoms with van der Waals surface area (Å²) < 4.78 is 11.4. The van der Waals surface area contributed by atoms with Crippen molar-refractivity contribution in [1.29, 1.82) is 0 Å². The number of amides is 2. The highest BCUT2D eigenvalue weighted by Crippen LogP contribution is 2.23. The summed E-state index contributed by atoms with van der Waals surface area (Å²) in [6.45, 7) is 1.18. The maximum Gasteiger partial charge on any atom is 0.261 e. The average molecular weight is 556 g/mol. The number of para-hydroxylation sites is 1. The van der Waals surface area contributed by atoms with Crippen LogP contribution in [0.1, 0.15) is 26.3 Å². The van der Waals surface area contributed by atoms with Crippen LogP contribution in [-0.2, 0) is 11.2 Å². The minimum atomic E-state index is -0.444. The van der Waals surface area contributed by atoms with Crippen molar-refractivity contribution in [3.05, 3.63) is 94.0 Å². The van der Waals surface area contributed by atoms with Crippen LogP contribution >= 0.6 is 28.1 Å². The highest BCUT2D eigenvalue weighted by atomic mass is 79.9. The molecule has 0 fully saturated rings. The average Bonchev–Trinajstić information content (AvgIpc) is 2.86. The highest BCUT2D eigenvalue weighted by molar-refractivity contribution is 9.10. The van der Waals surface area contributed by atoms with Crippen molar-refractivity contribution in [2.24, 2.45) is 0 Å². The van der Waals surface area contributed by atoms with Gasteiger partial charge in [0.1, 0.15) is 12.4 Å². The van der Waals surface area contributed by atoms with E-state index in [1.807, 2.05) is 30.3 Å². The first-order valence-corrected chi connectivity index (χ1v) is 12.1. The lowest BCUT2D eigenvalue weighted by molar-refractivity contribution is 0.0952. The fourth-order valence-corrected chi connectivity index (χ4v) is 3.78. The molecular weight excluding hydrogens is 530 g/mol. The number of thiocarbonyl (C=S) groups is 1. The molecular formula is C26H26BrN3O4S. The van der Waals surface area contributed by atoms with E-state index in [2.05, 4.69) is 31.9 Å². The van der Waals surface area contributed by atoms with Crippen molar-refractivity contribution in [2.75, 3.05) is 32.2 Å². The fourth-order valence-electron chi connectivity index (χ4n) is 3.21. The lowest BCUT2D eigenvalue weighted by atomic mass is 10.1. The number of methoxy groups -OCH3 is 1. The number of halogens is 1. The number of nitrogens with one attached hydrogen (secondary N) is 3. The van der Waals surface area contributed by atoms with Crippen molar-refractivity contribution in [3.63, 3.8) is 0 Å². The Bertz CT molecular complexity index is 1170. The van der Waals surface area contributed by atoms with Crippen LogP contribution in [0.4, 0.5) is 5.69 Å². The topological polar surface area (TPSA) is 88.7 Å². The zero-order chi connectivity index (χ0) is 25.0. The molecule has 0 saturated carbocycles. The highest BCUT2D eigenvalue weighted by Gasteiger charge is 2.17. The second-order valence-electron chi connectivity index (χ2n) is 7.43. The quantitative estimate of drug-likeness (QED) is 0.251. The second kappa shape index (κ2) is 13.6. The number of benzene rings is 3. The van der Waals surface area contributed by atoms with E-state index in [1.54, 1.807) is 49.6 Å². The number of rotatable bonds is 10. The molecule has 0 aliphatic carbocycles. The van der Waals surface area contributed by atoms with Gasteiger partial charge >= 0.3 is 0 Å². The first-order valence-electron chi connectivity index (χ1n) is 10.9. The van der Waals surface area contributed by atoms with E-state index in [0.717, 1.165) is 16.5 Å². The van der Waals surface area contributed by atoms with Crippen LogP contribution in [0, 0.1) is 0 Å². The van der Waals surface area contributed by atoms with E-state index >= 15 is 0 Å². The van der Waals surface area contributed by atoms with Gasteiger partial charge in [-0.15, -0.1) is 0 Å². The van der Waals surface area contributed by atoms with Crippen LogP contribution in [-0.4, -0.2) is 43.8 Å². The van der Waals surface area contributed by atoms with Crippen molar-refractivity contribution in [2.45, 2.75) is 6.42 Å². The van der Waals surface area contributed by atoms with E-state index in [-0.39, 0.29) is 11.0 Å². The molecule has 0 unspecified atom stereocenters. The Morgan fingerprint density at radius 2 is 1.66 bits per heavy atom. The van der Waals surface area contributed by atoms with Gasteiger partial charge in [0.25, 0.3) is 11.8 Å². The van der Waals surface area contributed by atoms with Crippen molar-refractivity contribution in [1.82, 2.24) is 10.6 Å². The third-order valence-electron chi connectivity index (χ3n) is 4.92. The van der Waals surface area contributed by atoms with Gasteiger partial charge in [0.15, 0.2) is 5.11 Å². The molecule has 0 heterocycles. The van der Waals surface area contributed by atoms with Gasteiger partial charge in [-0.3, -0.25) is 14.9 Å². The maximum absolute atomic E-state index is 12.9. The molecule has 7 nitrogen and oxygen atoms in total. The van der Waals surface area contributed by atoms with Crippen LogP contribution in [0.3, 0.4) is 0 Å². The third-order valence-corrected chi connectivity index (χ3v) is 5.62. The molecule has 0 bridgehead atoms. The monoisotopic (exact) mass is 555 g/mol. The summed E-state index contributed by atoms with van der Waals surface area (Å²) >= 11 is 8.72. The van der Waals surface area contributed by atoms with E-state index in [4.69, 9.17) is 21.7 Å². The molecule has 3 aromatic carbocycles. The molecule has 0 radical (unpaired) electrons. The fraction of sp³-hybridized carbons (Fsp3) is 0.192. The number of hydrogen-bond donors (Lipinski definition) is 3. The first-order chi connectivity index (χ1) is 17.0. The minimum absolute atomic E-state index is 0.0577. The first kappa shape index (κ1) is 26.3. The Hall–Kier alpha value is -3.27. The van der Waals surface area contributed by atoms with E-state index in [0.29, 0.717) is 42.3 Å². The van der Waals surface area contributed by atoms with Crippen LogP contribution < -0.4 is 20.7 Å². The van der Waals surface area contributed by atoms with Crippen LogP contribution in [0.5, 0.6) is 5.75 Å². The summed E-state index contributed by atoms with van der Waals surface area (Å²) in [4.78, 5) is 25.7. The zero-order valence-electron chi connectivity index (χ0n) is 19.2. The molecule has 0 spiro atoms. The maximum atomic E-state index is 12.9. The molecule has 2 amide bonds. The Balaban J connectivity index is 1.62. The number of ether oxygens (including phenoxy) is 2. The second-order valence-corrected chi connectivity index (χ2v) is 8.75.